The van der Waals surface area contributed by atoms with Crippen LogP contribution >= 0.6 is 0 Å². The number of nitrogens with one attached hydrogen (secondary N) is 2. The standard InChI is InChI=1S/C22H25F2N9O2/c1-10(34)18-28-7-11(8-29-18)35-21-31-19-15(20(32-21)33-5-3-4-22(25,26)9-33)14-16(24)12(23)6-13(27-2)17(14)30-19/h6-8,10,27,34H,3-5,9,25-26H2,1-2H3,(H,30,31,32). The summed E-state index contributed by atoms with van der Waals surface area (Å²) in [5, 5.41) is 12.8. The predicted molar refractivity (Wildman–Crippen MR) is 126 cm³/mol. The highest BCUT2D eigenvalue weighted by Crippen LogP contribution is 2.39. The second-order valence-electron chi connectivity index (χ2n) is 8.71. The third-order valence-electron chi connectivity index (χ3n) is 5.94. The van der Waals surface area contributed by atoms with Gasteiger partial charge in [-0.3, -0.25) is 0 Å². The van der Waals surface area contributed by atoms with Gasteiger partial charge in [0.05, 0.1) is 46.6 Å². The van der Waals surface area contributed by atoms with Crippen LogP contribution in [-0.4, -0.2) is 55.8 Å². The zero-order chi connectivity index (χ0) is 24.9. The fraction of sp³-hybridized carbons (Fsp3) is 0.364. The van der Waals surface area contributed by atoms with Crippen molar-refractivity contribution in [1.29, 1.82) is 0 Å². The Morgan fingerprint density at radius 3 is 2.63 bits per heavy atom. The van der Waals surface area contributed by atoms with Gasteiger partial charge in [-0.05, 0) is 19.8 Å². The number of aromatic nitrogens is 5. The molecule has 4 aromatic rings. The summed E-state index contributed by atoms with van der Waals surface area (Å²) in [5.74, 6) is -1.25. The molecule has 0 amide bonds. The number of aromatic amines is 1. The molecule has 4 heterocycles. The molecule has 1 saturated heterocycles. The molecule has 7 N–H and O–H groups in total. The maximum atomic E-state index is 15.1. The average molecular weight is 485 g/mol. The van der Waals surface area contributed by atoms with Gasteiger partial charge in [0.1, 0.15) is 17.6 Å². The van der Waals surface area contributed by atoms with Gasteiger partial charge in [-0.15, -0.1) is 0 Å². The molecule has 1 aromatic carbocycles. The number of benzene rings is 1. The molecule has 0 saturated carbocycles. The number of halogens is 2. The van der Waals surface area contributed by atoms with E-state index in [2.05, 4.69) is 30.2 Å². The van der Waals surface area contributed by atoms with E-state index in [0.29, 0.717) is 41.8 Å². The molecule has 35 heavy (non-hydrogen) atoms. The van der Waals surface area contributed by atoms with Crippen LogP contribution in [0.1, 0.15) is 31.7 Å². The Hall–Kier alpha value is -3.68. The predicted octanol–water partition coefficient (Wildman–Crippen LogP) is 2.28. The van der Waals surface area contributed by atoms with E-state index in [1.165, 1.54) is 12.4 Å². The molecule has 0 aliphatic carbocycles. The molecule has 1 aliphatic rings. The van der Waals surface area contributed by atoms with Crippen LogP contribution in [0.25, 0.3) is 21.9 Å². The van der Waals surface area contributed by atoms with Crippen molar-refractivity contribution < 1.29 is 18.6 Å². The fourth-order valence-electron chi connectivity index (χ4n) is 4.32. The van der Waals surface area contributed by atoms with Crippen molar-refractivity contribution in [1.82, 2.24) is 24.9 Å². The highest BCUT2D eigenvalue weighted by molar-refractivity contribution is 6.15. The Bertz CT molecular complexity index is 1410. The maximum Gasteiger partial charge on any atom is 0.326 e. The zero-order valence-corrected chi connectivity index (χ0v) is 19.1. The van der Waals surface area contributed by atoms with Gasteiger partial charge >= 0.3 is 6.01 Å². The van der Waals surface area contributed by atoms with Crippen molar-refractivity contribution in [2.24, 2.45) is 11.5 Å². The van der Waals surface area contributed by atoms with E-state index in [0.717, 1.165) is 6.07 Å². The topological polar surface area (TPSA) is 164 Å². The molecule has 13 heteroatoms. The number of ether oxygens (including phenoxy) is 1. The molecule has 184 valence electrons. The van der Waals surface area contributed by atoms with Crippen molar-refractivity contribution >= 4 is 33.4 Å². The first kappa shape index (κ1) is 23.1. The number of hydrogen-bond acceptors (Lipinski definition) is 10. The SMILES string of the molecule is CNc1cc(F)c(F)c2c1[nH]c1nc(Oc3cnc(C(C)O)nc3)nc(N3CCCC(N)(N)C3)c12. The second-order valence-corrected chi connectivity index (χ2v) is 8.71. The number of nitrogens with two attached hydrogens (primary N) is 2. The number of piperidine rings is 1. The number of anilines is 2. The highest BCUT2D eigenvalue weighted by atomic mass is 19.2. The first-order valence-electron chi connectivity index (χ1n) is 11.1. The Morgan fingerprint density at radius 1 is 1.23 bits per heavy atom. The van der Waals surface area contributed by atoms with E-state index in [9.17, 15) is 9.50 Å². The molecule has 0 radical (unpaired) electrons. The van der Waals surface area contributed by atoms with Gasteiger partial charge in [-0.25, -0.2) is 18.7 Å². The molecular formula is C22H25F2N9O2. The largest absolute Gasteiger partial charge is 0.421 e. The lowest BCUT2D eigenvalue weighted by molar-refractivity contribution is 0.188. The summed E-state index contributed by atoms with van der Waals surface area (Å²) >= 11 is 0. The van der Waals surface area contributed by atoms with Crippen LogP contribution in [0.5, 0.6) is 11.8 Å². The van der Waals surface area contributed by atoms with Crippen molar-refractivity contribution in [3.05, 3.63) is 35.9 Å². The van der Waals surface area contributed by atoms with E-state index in [4.69, 9.17) is 16.2 Å². The van der Waals surface area contributed by atoms with E-state index in [-0.39, 0.29) is 35.2 Å². The van der Waals surface area contributed by atoms with Gasteiger partial charge in [-0.1, -0.05) is 0 Å². The molecule has 5 rings (SSSR count). The molecular weight excluding hydrogens is 460 g/mol. The Balaban J connectivity index is 1.70. The zero-order valence-electron chi connectivity index (χ0n) is 19.1. The normalized spacial score (nSPS) is 16.6. The number of nitrogens with zero attached hydrogens (tertiary/aromatic N) is 5. The minimum atomic E-state index is -1.02. The van der Waals surface area contributed by atoms with Crippen LogP contribution < -0.4 is 26.4 Å². The van der Waals surface area contributed by atoms with Crippen molar-refractivity contribution in [2.45, 2.75) is 31.5 Å². The van der Waals surface area contributed by atoms with E-state index >= 15 is 4.39 Å². The Morgan fingerprint density at radius 2 is 1.97 bits per heavy atom. The Labute approximate surface area is 198 Å². The number of hydrogen-bond donors (Lipinski definition) is 5. The minimum absolute atomic E-state index is 0.0146. The van der Waals surface area contributed by atoms with E-state index < -0.39 is 23.4 Å². The summed E-state index contributed by atoms with van der Waals surface area (Å²) in [5.41, 5.74) is 12.4. The van der Waals surface area contributed by atoms with Crippen LogP contribution in [-0.2, 0) is 0 Å². The highest BCUT2D eigenvalue weighted by Gasteiger charge is 2.31. The number of rotatable bonds is 5. The maximum absolute atomic E-state index is 15.1. The molecule has 11 nitrogen and oxygen atoms in total. The molecule has 1 fully saturated rings. The summed E-state index contributed by atoms with van der Waals surface area (Å²) in [6, 6.07) is 1.01. The quantitative estimate of drug-likeness (QED) is 0.265. The molecule has 1 atom stereocenters. The van der Waals surface area contributed by atoms with Crippen LogP contribution in [0.15, 0.2) is 18.5 Å². The first-order chi connectivity index (χ1) is 16.7. The minimum Gasteiger partial charge on any atom is -0.421 e. The van der Waals surface area contributed by atoms with Crippen molar-refractivity contribution in [3.63, 3.8) is 0 Å². The average Bonchev–Trinajstić information content (AvgIpc) is 3.20. The lowest BCUT2D eigenvalue weighted by Crippen LogP contribution is -2.60. The number of H-pyrrole nitrogens is 1. The smallest absolute Gasteiger partial charge is 0.326 e. The third kappa shape index (κ3) is 4.17. The molecule has 3 aromatic heterocycles. The van der Waals surface area contributed by atoms with Gasteiger partial charge in [0, 0.05) is 19.7 Å². The summed E-state index contributed by atoms with van der Waals surface area (Å²) in [4.78, 5) is 21.9. The fourth-order valence-corrected chi connectivity index (χ4v) is 4.32. The monoisotopic (exact) mass is 485 g/mol. The molecule has 1 aliphatic heterocycles. The van der Waals surface area contributed by atoms with Crippen LogP contribution in [0, 0.1) is 11.6 Å². The van der Waals surface area contributed by atoms with Crippen molar-refractivity contribution in [2.75, 3.05) is 30.4 Å². The summed E-state index contributed by atoms with van der Waals surface area (Å²) in [7, 11) is 1.61. The first-order valence-corrected chi connectivity index (χ1v) is 11.1. The second kappa shape index (κ2) is 8.52. The lowest BCUT2D eigenvalue weighted by Gasteiger charge is -2.38. The summed E-state index contributed by atoms with van der Waals surface area (Å²) in [6.07, 6.45) is 3.22. The molecule has 0 bridgehead atoms. The van der Waals surface area contributed by atoms with E-state index in [1.54, 1.807) is 14.0 Å². The van der Waals surface area contributed by atoms with Crippen LogP contribution in [0.4, 0.5) is 20.3 Å². The molecule has 1 unspecified atom stereocenters. The van der Waals surface area contributed by atoms with Crippen LogP contribution in [0.2, 0.25) is 0 Å². The van der Waals surface area contributed by atoms with Crippen molar-refractivity contribution in [3.8, 4) is 11.8 Å². The van der Waals surface area contributed by atoms with Gasteiger partial charge < -0.3 is 36.5 Å². The number of aliphatic hydroxyl groups is 1. The summed E-state index contributed by atoms with van der Waals surface area (Å²) < 4.78 is 35.4. The lowest BCUT2D eigenvalue weighted by atomic mass is 10.00. The van der Waals surface area contributed by atoms with E-state index in [1.807, 2.05) is 4.90 Å². The van der Waals surface area contributed by atoms with Gasteiger partial charge in [-0.2, -0.15) is 9.97 Å². The third-order valence-corrected chi connectivity index (χ3v) is 5.94. The van der Waals surface area contributed by atoms with Gasteiger partial charge in [0.2, 0.25) is 0 Å². The number of fused-ring (bicyclic) bond motifs is 3. The Kier molecular flexibility index (Phi) is 5.62. The van der Waals surface area contributed by atoms with Gasteiger partial charge in [0.25, 0.3) is 0 Å². The summed E-state index contributed by atoms with van der Waals surface area (Å²) in [6.45, 7) is 2.34. The molecule has 0 spiro atoms. The number of aliphatic hydroxyl groups excluding tert-OH is 1. The van der Waals surface area contributed by atoms with Crippen LogP contribution in [0.3, 0.4) is 0 Å². The van der Waals surface area contributed by atoms with Gasteiger partial charge in [0.15, 0.2) is 23.2 Å².